The van der Waals surface area contributed by atoms with E-state index in [0.717, 1.165) is 11.1 Å². The predicted molar refractivity (Wildman–Crippen MR) is 94.1 cm³/mol. The third-order valence-electron chi connectivity index (χ3n) is 4.07. The highest BCUT2D eigenvalue weighted by atomic mass is 16.6. The van der Waals surface area contributed by atoms with Crippen molar-refractivity contribution < 1.29 is 9.72 Å². The summed E-state index contributed by atoms with van der Waals surface area (Å²) in [5.41, 5.74) is 3.11. The molecule has 1 amide bonds. The minimum absolute atomic E-state index is 0.161. The maximum atomic E-state index is 12.5. The molecule has 0 aliphatic carbocycles. The number of rotatable bonds is 4. The molecule has 7 heteroatoms. The maximum absolute atomic E-state index is 12.5. The molecule has 25 heavy (non-hydrogen) atoms. The van der Waals surface area contributed by atoms with Gasteiger partial charge in [-0.25, -0.2) is 4.98 Å². The van der Waals surface area contributed by atoms with Gasteiger partial charge in [-0.2, -0.15) is 0 Å². The van der Waals surface area contributed by atoms with Gasteiger partial charge < -0.3 is 9.88 Å². The minimum atomic E-state index is -0.510. The van der Waals surface area contributed by atoms with Gasteiger partial charge in [0, 0.05) is 29.7 Å². The van der Waals surface area contributed by atoms with Crippen molar-refractivity contribution in [2.24, 2.45) is 0 Å². The molecular formula is C18H16N4O3. The van der Waals surface area contributed by atoms with E-state index < -0.39 is 10.8 Å². The van der Waals surface area contributed by atoms with Crippen LogP contribution >= 0.6 is 0 Å². The van der Waals surface area contributed by atoms with Crippen molar-refractivity contribution in [1.82, 2.24) is 9.55 Å². The van der Waals surface area contributed by atoms with Crippen LogP contribution in [0.3, 0.4) is 0 Å². The summed E-state index contributed by atoms with van der Waals surface area (Å²) in [5.74, 6) is -0.394. The van der Waals surface area contributed by atoms with Crippen LogP contribution in [0.4, 0.5) is 11.4 Å². The second kappa shape index (κ2) is 6.56. The van der Waals surface area contributed by atoms with Crippen molar-refractivity contribution in [1.29, 1.82) is 0 Å². The number of nitrogens with zero attached hydrogens (tertiary/aromatic N) is 3. The predicted octanol–water partition coefficient (Wildman–Crippen LogP) is 3.65. The summed E-state index contributed by atoms with van der Waals surface area (Å²) in [5, 5.41) is 14.2. The van der Waals surface area contributed by atoms with Gasteiger partial charge in [0.15, 0.2) is 0 Å². The van der Waals surface area contributed by atoms with Crippen LogP contribution in [-0.2, 0) is 0 Å². The molecular weight excluding hydrogens is 320 g/mol. The quantitative estimate of drug-likeness (QED) is 0.581. The average molecular weight is 336 g/mol. The van der Waals surface area contributed by atoms with Crippen LogP contribution in [-0.4, -0.2) is 20.4 Å². The molecule has 0 atom stereocenters. The Morgan fingerprint density at radius 2 is 2.04 bits per heavy atom. The number of amides is 1. The van der Waals surface area contributed by atoms with E-state index in [1.54, 1.807) is 18.3 Å². The molecule has 1 N–H and O–H groups in total. The van der Waals surface area contributed by atoms with Crippen LogP contribution in [0.1, 0.15) is 21.5 Å². The zero-order valence-corrected chi connectivity index (χ0v) is 13.8. The van der Waals surface area contributed by atoms with Gasteiger partial charge in [0.2, 0.25) is 0 Å². The Kier molecular flexibility index (Phi) is 4.30. The first-order valence-electron chi connectivity index (χ1n) is 7.61. The first-order valence-corrected chi connectivity index (χ1v) is 7.61. The summed E-state index contributed by atoms with van der Waals surface area (Å²) in [4.78, 5) is 27.3. The van der Waals surface area contributed by atoms with Gasteiger partial charge in [0.1, 0.15) is 5.69 Å². The van der Waals surface area contributed by atoms with Gasteiger partial charge >= 0.3 is 0 Å². The molecule has 1 heterocycles. The number of nitro groups is 1. The summed E-state index contributed by atoms with van der Waals surface area (Å²) in [6.07, 6.45) is 4.61. The van der Waals surface area contributed by atoms with Gasteiger partial charge in [0.25, 0.3) is 11.6 Å². The number of hydrogen-bond acceptors (Lipinski definition) is 4. The number of anilines is 1. The van der Waals surface area contributed by atoms with E-state index in [1.807, 2.05) is 26.0 Å². The minimum Gasteiger partial charge on any atom is -0.322 e. The van der Waals surface area contributed by atoms with Crippen LogP contribution in [0.25, 0.3) is 5.69 Å². The molecule has 0 saturated heterocycles. The lowest BCUT2D eigenvalue weighted by Gasteiger charge is -2.11. The number of carbonyl (C=O) groups is 1. The molecule has 0 unspecified atom stereocenters. The van der Waals surface area contributed by atoms with Crippen molar-refractivity contribution >= 4 is 17.3 Å². The molecule has 3 aromatic rings. The second-order valence-corrected chi connectivity index (χ2v) is 5.63. The van der Waals surface area contributed by atoms with E-state index in [0.29, 0.717) is 11.4 Å². The Labute approximate surface area is 144 Å². The fourth-order valence-electron chi connectivity index (χ4n) is 2.51. The molecule has 0 saturated carbocycles. The monoisotopic (exact) mass is 336 g/mol. The molecule has 1 aromatic heterocycles. The lowest BCUT2D eigenvalue weighted by atomic mass is 10.1. The molecule has 2 aromatic carbocycles. The van der Waals surface area contributed by atoms with Gasteiger partial charge in [-0.05, 0) is 43.2 Å². The number of nitrogens with one attached hydrogen (secondary N) is 1. The van der Waals surface area contributed by atoms with Crippen molar-refractivity contribution in [2.45, 2.75) is 13.8 Å². The SMILES string of the molecule is Cc1cccc(NC(=O)c2ccc(-n3ccnc3)c([N+](=O)[O-])c2)c1C. The molecule has 3 rings (SSSR count). The zero-order valence-electron chi connectivity index (χ0n) is 13.8. The highest BCUT2D eigenvalue weighted by Crippen LogP contribution is 2.25. The fourth-order valence-corrected chi connectivity index (χ4v) is 2.51. The second-order valence-electron chi connectivity index (χ2n) is 5.63. The van der Waals surface area contributed by atoms with E-state index in [4.69, 9.17) is 0 Å². The Balaban J connectivity index is 1.95. The number of nitro benzene ring substituents is 1. The Morgan fingerprint density at radius 1 is 1.24 bits per heavy atom. The maximum Gasteiger partial charge on any atom is 0.294 e. The molecule has 0 spiro atoms. The van der Waals surface area contributed by atoms with Crippen molar-refractivity contribution in [3.8, 4) is 5.69 Å². The Morgan fingerprint density at radius 3 is 2.72 bits per heavy atom. The van der Waals surface area contributed by atoms with Gasteiger partial charge in [-0.1, -0.05) is 12.1 Å². The van der Waals surface area contributed by atoms with Gasteiger partial charge in [0.05, 0.1) is 11.3 Å². The lowest BCUT2D eigenvalue weighted by Crippen LogP contribution is -2.14. The van der Waals surface area contributed by atoms with Gasteiger partial charge in [-0.15, -0.1) is 0 Å². The van der Waals surface area contributed by atoms with E-state index in [2.05, 4.69) is 10.3 Å². The number of benzene rings is 2. The van der Waals surface area contributed by atoms with Gasteiger partial charge in [-0.3, -0.25) is 14.9 Å². The zero-order chi connectivity index (χ0) is 18.0. The largest absolute Gasteiger partial charge is 0.322 e. The molecule has 0 fully saturated rings. The molecule has 0 radical (unpaired) electrons. The van der Waals surface area contributed by atoms with Crippen LogP contribution in [0.15, 0.2) is 55.1 Å². The van der Waals surface area contributed by atoms with Crippen molar-refractivity contribution in [2.75, 3.05) is 5.32 Å². The molecule has 0 aliphatic rings. The van der Waals surface area contributed by atoms with Crippen LogP contribution in [0.2, 0.25) is 0 Å². The number of aromatic nitrogens is 2. The number of hydrogen-bond donors (Lipinski definition) is 1. The third kappa shape index (κ3) is 3.25. The molecule has 7 nitrogen and oxygen atoms in total. The first-order chi connectivity index (χ1) is 12.0. The summed E-state index contributed by atoms with van der Waals surface area (Å²) < 4.78 is 1.53. The first kappa shape index (κ1) is 16.4. The third-order valence-corrected chi connectivity index (χ3v) is 4.07. The summed E-state index contributed by atoms with van der Waals surface area (Å²) in [7, 11) is 0. The topological polar surface area (TPSA) is 90.1 Å². The Bertz CT molecular complexity index is 949. The van der Waals surface area contributed by atoms with E-state index in [1.165, 1.54) is 29.2 Å². The highest BCUT2D eigenvalue weighted by Gasteiger charge is 2.19. The average Bonchev–Trinajstić information content (AvgIpc) is 3.12. The fraction of sp³-hybridized carbons (Fsp3) is 0.111. The standard InChI is InChI=1S/C18H16N4O3/c1-12-4-3-5-15(13(12)2)20-18(23)14-6-7-16(17(10-14)22(24)25)21-9-8-19-11-21/h3-11H,1-2H3,(H,20,23). The number of imidazole rings is 1. The molecule has 0 bridgehead atoms. The van der Waals surface area contributed by atoms with Crippen LogP contribution in [0.5, 0.6) is 0 Å². The lowest BCUT2D eigenvalue weighted by molar-refractivity contribution is -0.384. The number of carbonyl (C=O) groups excluding carboxylic acids is 1. The molecule has 126 valence electrons. The van der Waals surface area contributed by atoms with E-state index in [9.17, 15) is 14.9 Å². The summed E-state index contributed by atoms with van der Waals surface area (Å²) >= 11 is 0. The summed E-state index contributed by atoms with van der Waals surface area (Å²) in [6.45, 7) is 3.87. The number of aryl methyl sites for hydroxylation is 1. The highest BCUT2D eigenvalue weighted by molar-refractivity contribution is 6.05. The molecule has 0 aliphatic heterocycles. The smallest absolute Gasteiger partial charge is 0.294 e. The van der Waals surface area contributed by atoms with Crippen molar-refractivity contribution in [3.05, 3.63) is 81.9 Å². The normalized spacial score (nSPS) is 10.5. The van der Waals surface area contributed by atoms with Crippen LogP contribution < -0.4 is 5.32 Å². The Hall–Kier alpha value is -3.48. The van der Waals surface area contributed by atoms with E-state index >= 15 is 0 Å². The summed E-state index contributed by atoms with van der Waals surface area (Å²) in [6, 6.07) is 9.98. The van der Waals surface area contributed by atoms with E-state index in [-0.39, 0.29) is 11.3 Å². The van der Waals surface area contributed by atoms with Crippen molar-refractivity contribution in [3.63, 3.8) is 0 Å². The van der Waals surface area contributed by atoms with Crippen LogP contribution in [0, 0.1) is 24.0 Å².